The summed E-state index contributed by atoms with van der Waals surface area (Å²) >= 11 is 0. The van der Waals surface area contributed by atoms with E-state index in [2.05, 4.69) is 27.1 Å². The van der Waals surface area contributed by atoms with E-state index >= 15 is 0 Å². The van der Waals surface area contributed by atoms with Gasteiger partial charge in [-0.2, -0.15) is 0 Å². The third kappa shape index (κ3) is 3.76. The summed E-state index contributed by atoms with van der Waals surface area (Å²) in [6, 6.07) is 2.30. The van der Waals surface area contributed by atoms with Crippen LogP contribution in [0.4, 0.5) is 5.82 Å². The first-order chi connectivity index (χ1) is 10.7. The van der Waals surface area contributed by atoms with Crippen LogP contribution in [-0.4, -0.2) is 39.9 Å². The van der Waals surface area contributed by atoms with E-state index in [1.165, 1.54) is 12.8 Å². The Hall–Kier alpha value is -1.65. The second-order valence-electron chi connectivity index (χ2n) is 6.80. The molecular formula is C17H26N4O. The van der Waals surface area contributed by atoms with Gasteiger partial charge in [-0.1, -0.05) is 6.92 Å². The molecule has 1 aliphatic heterocycles. The molecule has 0 spiro atoms. The molecule has 0 radical (unpaired) electrons. The summed E-state index contributed by atoms with van der Waals surface area (Å²) in [4.78, 5) is 22.8. The van der Waals surface area contributed by atoms with Gasteiger partial charge in [-0.25, -0.2) is 9.97 Å². The number of likely N-dealkylation sites (tertiary alicyclic amines) is 1. The number of amides is 1. The molecule has 1 saturated heterocycles. The molecule has 120 valence electrons. The Morgan fingerprint density at radius 2 is 1.91 bits per heavy atom. The SMILES string of the molecule is CC1CCC(C(=O)N2CCC(Nc3ccncn3)CC2)CC1. The summed E-state index contributed by atoms with van der Waals surface area (Å²) in [7, 11) is 0. The van der Waals surface area contributed by atoms with Crippen LogP contribution in [0, 0.1) is 11.8 Å². The minimum absolute atomic E-state index is 0.280. The lowest BCUT2D eigenvalue weighted by atomic mass is 9.82. The fourth-order valence-electron chi connectivity index (χ4n) is 3.59. The summed E-state index contributed by atoms with van der Waals surface area (Å²) in [5.74, 6) is 2.35. The normalized spacial score (nSPS) is 26.7. The van der Waals surface area contributed by atoms with Crippen LogP contribution in [0.1, 0.15) is 45.4 Å². The van der Waals surface area contributed by atoms with E-state index in [1.807, 2.05) is 6.07 Å². The van der Waals surface area contributed by atoms with Gasteiger partial charge in [-0.05, 0) is 50.5 Å². The minimum atomic E-state index is 0.280. The smallest absolute Gasteiger partial charge is 0.225 e. The molecule has 0 aromatic carbocycles. The Kier molecular flexibility index (Phi) is 4.90. The predicted octanol–water partition coefficient (Wildman–Crippen LogP) is 2.71. The Balaban J connectivity index is 1.46. The molecule has 1 saturated carbocycles. The largest absolute Gasteiger partial charge is 0.367 e. The third-order valence-electron chi connectivity index (χ3n) is 5.11. The summed E-state index contributed by atoms with van der Waals surface area (Å²) in [5, 5.41) is 3.44. The number of hydrogen-bond donors (Lipinski definition) is 1. The van der Waals surface area contributed by atoms with E-state index in [9.17, 15) is 4.79 Å². The quantitative estimate of drug-likeness (QED) is 0.932. The number of rotatable bonds is 3. The van der Waals surface area contributed by atoms with Gasteiger partial charge < -0.3 is 10.2 Å². The monoisotopic (exact) mass is 302 g/mol. The van der Waals surface area contributed by atoms with Crippen molar-refractivity contribution >= 4 is 11.7 Å². The number of nitrogens with zero attached hydrogens (tertiary/aromatic N) is 3. The number of carbonyl (C=O) groups is 1. The molecule has 1 aliphatic carbocycles. The lowest BCUT2D eigenvalue weighted by Gasteiger charge is -2.36. The van der Waals surface area contributed by atoms with Crippen molar-refractivity contribution < 1.29 is 4.79 Å². The van der Waals surface area contributed by atoms with Crippen LogP contribution < -0.4 is 5.32 Å². The highest BCUT2D eigenvalue weighted by Gasteiger charge is 2.30. The van der Waals surface area contributed by atoms with Gasteiger partial charge in [0.1, 0.15) is 12.1 Å². The molecule has 5 heteroatoms. The Morgan fingerprint density at radius 1 is 1.18 bits per heavy atom. The summed E-state index contributed by atoms with van der Waals surface area (Å²) in [6.07, 6.45) is 9.89. The van der Waals surface area contributed by atoms with Crippen LogP contribution in [0.25, 0.3) is 0 Å². The van der Waals surface area contributed by atoms with E-state index in [4.69, 9.17) is 0 Å². The highest BCUT2D eigenvalue weighted by Crippen LogP contribution is 2.30. The van der Waals surface area contributed by atoms with Crippen molar-refractivity contribution in [3.63, 3.8) is 0 Å². The van der Waals surface area contributed by atoms with Gasteiger partial charge in [0.05, 0.1) is 0 Å². The number of piperidine rings is 1. The van der Waals surface area contributed by atoms with Gasteiger partial charge in [0.25, 0.3) is 0 Å². The fourth-order valence-corrected chi connectivity index (χ4v) is 3.59. The number of hydrogen-bond acceptors (Lipinski definition) is 4. The average molecular weight is 302 g/mol. The van der Waals surface area contributed by atoms with E-state index in [1.54, 1.807) is 12.5 Å². The zero-order chi connectivity index (χ0) is 15.4. The van der Waals surface area contributed by atoms with Crippen LogP contribution >= 0.6 is 0 Å². The molecule has 1 aromatic heterocycles. The highest BCUT2D eigenvalue weighted by atomic mass is 16.2. The molecule has 2 fully saturated rings. The van der Waals surface area contributed by atoms with Crippen molar-refractivity contribution in [2.45, 2.75) is 51.5 Å². The van der Waals surface area contributed by atoms with Crippen molar-refractivity contribution in [1.29, 1.82) is 0 Å². The lowest BCUT2D eigenvalue weighted by Crippen LogP contribution is -2.45. The fraction of sp³-hybridized carbons (Fsp3) is 0.706. The molecule has 3 rings (SSSR count). The molecule has 1 N–H and O–H groups in total. The first-order valence-corrected chi connectivity index (χ1v) is 8.53. The van der Waals surface area contributed by atoms with Crippen molar-refractivity contribution in [3.05, 3.63) is 18.6 Å². The zero-order valence-corrected chi connectivity index (χ0v) is 13.4. The van der Waals surface area contributed by atoms with Gasteiger partial charge in [-0.3, -0.25) is 4.79 Å². The van der Waals surface area contributed by atoms with Crippen LogP contribution in [-0.2, 0) is 4.79 Å². The number of carbonyl (C=O) groups excluding carboxylic acids is 1. The molecule has 0 unspecified atom stereocenters. The summed E-state index contributed by atoms with van der Waals surface area (Å²) in [5.41, 5.74) is 0. The van der Waals surface area contributed by atoms with E-state index in [0.717, 1.165) is 50.5 Å². The zero-order valence-electron chi connectivity index (χ0n) is 13.4. The standard InChI is InChI=1S/C17H26N4O/c1-13-2-4-14(5-3-13)17(22)21-10-7-15(8-11-21)20-16-6-9-18-12-19-16/h6,9,12-15H,2-5,7-8,10-11H2,1H3,(H,18,19,20). The Morgan fingerprint density at radius 3 is 2.55 bits per heavy atom. The molecular weight excluding hydrogens is 276 g/mol. The van der Waals surface area contributed by atoms with Crippen LogP contribution in [0.5, 0.6) is 0 Å². The Labute approximate surface area is 132 Å². The first-order valence-electron chi connectivity index (χ1n) is 8.53. The number of anilines is 1. The Bertz CT molecular complexity index is 477. The predicted molar refractivity (Wildman–Crippen MR) is 86.4 cm³/mol. The van der Waals surface area contributed by atoms with Crippen LogP contribution in [0.2, 0.25) is 0 Å². The molecule has 22 heavy (non-hydrogen) atoms. The van der Waals surface area contributed by atoms with Gasteiger partial charge in [0.2, 0.25) is 5.91 Å². The maximum atomic E-state index is 12.6. The molecule has 1 aromatic rings. The van der Waals surface area contributed by atoms with Crippen LogP contribution in [0.15, 0.2) is 18.6 Å². The third-order valence-corrected chi connectivity index (χ3v) is 5.11. The molecule has 2 heterocycles. The van der Waals surface area contributed by atoms with Gasteiger partial charge >= 0.3 is 0 Å². The average Bonchev–Trinajstić information content (AvgIpc) is 2.57. The number of nitrogens with one attached hydrogen (secondary N) is 1. The first kappa shape index (κ1) is 15.3. The van der Waals surface area contributed by atoms with Gasteiger partial charge in [-0.15, -0.1) is 0 Å². The maximum absolute atomic E-state index is 12.6. The number of aromatic nitrogens is 2. The molecule has 0 bridgehead atoms. The highest BCUT2D eigenvalue weighted by molar-refractivity contribution is 5.79. The lowest BCUT2D eigenvalue weighted by molar-refractivity contribution is -0.137. The van der Waals surface area contributed by atoms with Gasteiger partial charge in [0, 0.05) is 31.2 Å². The molecule has 1 amide bonds. The van der Waals surface area contributed by atoms with Crippen molar-refractivity contribution in [3.8, 4) is 0 Å². The summed E-state index contributed by atoms with van der Waals surface area (Å²) in [6.45, 7) is 4.03. The van der Waals surface area contributed by atoms with Crippen molar-refractivity contribution in [2.24, 2.45) is 11.8 Å². The topological polar surface area (TPSA) is 58.1 Å². The molecule has 5 nitrogen and oxygen atoms in total. The maximum Gasteiger partial charge on any atom is 0.225 e. The van der Waals surface area contributed by atoms with E-state index < -0.39 is 0 Å². The van der Waals surface area contributed by atoms with Crippen molar-refractivity contribution in [1.82, 2.24) is 14.9 Å². The second kappa shape index (κ2) is 7.07. The van der Waals surface area contributed by atoms with Crippen molar-refractivity contribution in [2.75, 3.05) is 18.4 Å². The molecule has 0 atom stereocenters. The van der Waals surface area contributed by atoms with E-state index in [-0.39, 0.29) is 5.92 Å². The second-order valence-corrected chi connectivity index (χ2v) is 6.80. The minimum Gasteiger partial charge on any atom is -0.367 e. The van der Waals surface area contributed by atoms with Crippen LogP contribution in [0.3, 0.4) is 0 Å². The van der Waals surface area contributed by atoms with Gasteiger partial charge in [0.15, 0.2) is 0 Å². The van der Waals surface area contributed by atoms with E-state index in [0.29, 0.717) is 11.9 Å². The summed E-state index contributed by atoms with van der Waals surface area (Å²) < 4.78 is 0. The molecule has 2 aliphatic rings.